The maximum Gasteiger partial charge on any atom is 0.417 e. The molecule has 0 aliphatic heterocycles. The molecule has 0 aliphatic rings. The Hall–Kier alpha value is -4.81. The van der Waals surface area contributed by atoms with E-state index in [1.165, 1.54) is 0 Å². The fourth-order valence-electron chi connectivity index (χ4n) is 3.69. The second kappa shape index (κ2) is 10.8. The third kappa shape index (κ3) is 6.25. The number of halogens is 3. The van der Waals surface area contributed by atoms with Crippen molar-refractivity contribution in [1.29, 1.82) is 0 Å². The molecule has 0 fully saturated rings. The number of carboxylic acid groups (broad SMARTS) is 1. The molecule has 1 N–H and O–H groups in total. The SMILES string of the molecule is O=C(O)C(C(=O)OC(Cc1ccccc1)c1ccccc1)c1c([N+](=O)[O-])cc([N+](=O)[O-])cc1C(F)(F)F. The summed E-state index contributed by atoms with van der Waals surface area (Å²) in [6.07, 6.45) is -6.62. The molecule has 0 spiro atoms. The Morgan fingerprint density at radius 2 is 1.49 bits per heavy atom. The van der Waals surface area contributed by atoms with Crippen LogP contribution in [0.25, 0.3) is 0 Å². The zero-order valence-corrected chi connectivity index (χ0v) is 18.6. The van der Waals surface area contributed by atoms with Crippen molar-refractivity contribution in [2.45, 2.75) is 24.6 Å². The summed E-state index contributed by atoms with van der Waals surface area (Å²) in [7, 11) is 0. The van der Waals surface area contributed by atoms with Crippen LogP contribution in [0.5, 0.6) is 0 Å². The van der Waals surface area contributed by atoms with Crippen molar-refractivity contribution in [3.05, 3.63) is 115 Å². The highest BCUT2D eigenvalue weighted by Crippen LogP contribution is 2.43. The van der Waals surface area contributed by atoms with Crippen LogP contribution in [0.2, 0.25) is 0 Å². The monoisotopic (exact) mass is 518 g/mol. The highest BCUT2D eigenvalue weighted by Gasteiger charge is 2.47. The molecule has 0 bridgehead atoms. The first kappa shape index (κ1) is 26.8. The molecule has 10 nitrogen and oxygen atoms in total. The second-order valence-corrected chi connectivity index (χ2v) is 7.74. The summed E-state index contributed by atoms with van der Waals surface area (Å²) < 4.78 is 46.9. The molecule has 2 unspecified atom stereocenters. The third-order valence-electron chi connectivity index (χ3n) is 5.32. The minimum absolute atomic E-state index is 0.0113. The number of carbonyl (C=O) groups is 2. The Morgan fingerprint density at radius 1 is 0.919 bits per heavy atom. The van der Waals surface area contributed by atoms with E-state index in [1.54, 1.807) is 60.7 Å². The van der Waals surface area contributed by atoms with Gasteiger partial charge in [0.25, 0.3) is 11.4 Å². The molecule has 3 rings (SSSR count). The van der Waals surface area contributed by atoms with Gasteiger partial charge in [0.15, 0.2) is 5.92 Å². The molecule has 3 aromatic rings. The summed E-state index contributed by atoms with van der Waals surface area (Å²) in [6.45, 7) is 0. The molecule has 0 aliphatic carbocycles. The Balaban J connectivity index is 2.14. The number of non-ortho nitro benzene ring substituents is 1. The van der Waals surface area contributed by atoms with E-state index in [4.69, 9.17) is 4.74 Å². The van der Waals surface area contributed by atoms with Gasteiger partial charge in [-0.25, -0.2) is 0 Å². The summed E-state index contributed by atoms with van der Waals surface area (Å²) in [4.78, 5) is 45.1. The summed E-state index contributed by atoms with van der Waals surface area (Å²) in [5, 5.41) is 32.4. The molecule has 3 aromatic carbocycles. The number of nitro benzene ring substituents is 2. The number of ether oxygens (including phenoxy) is 1. The van der Waals surface area contributed by atoms with E-state index < -0.39 is 62.5 Å². The quantitative estimate of drug-likeness (QED) is 0.175. The Morgan fingerprint density at radius 3 is 1.97 bits per heavy atom. The predicted molar refractivity (Wildman–Crippen MR) is 121 cm³/mol. The minimum atomic E-state index is -5.47. The average molecular weight is 518 g/mol. The molecule has 2 atom stereocenters. The van der Waals surface area contributed by atoms with Crippen LogP contribution in [0.4, 0.5) is 24.5 Å². The molecule has 0 saturated carbocycles. The highest BCUT2D eigenvalue weighted by molar-refractivity contribution is 6.01. The summed E-state index contributed by atoms with van der Waals surface area (Å²) in [5.41, 5.74) is -5.38. The number of nitro groups is 2. The van der Waals surface area contributed by atoms with Crippen LogP contribution in [0.3, 0.4) is 0 Å². The number of benzene rings is 3. The molecular formula is C24H17F3N2O8. The maximum absolute atomic E-state index is 13.8. The van der Waals surface area contributed by atoms with Gasteiger partial charge in [-0.3, -0.25) is 29.8 Å². The van der Waals surface area contributed by atoms with Crippen LogP contribution >= 0.6 is 0 Å². The van der Waals surface area contributed by atoms with Crippen LogP contribution in [0.1, 0.15) is 34.3 Å². The molecule has 0 saturated heterocycles. The van der Waals surface area contributed by atoms with Gasteiger partial charge in [0.2, 0.25) is 0 Å². The van der Waals surface area contributed by atoms with Crippen molar-refractivity contribution in [3.8, 4) is 0 Å². The van der Waals surface area contributed by atoms with E-state index >= 15 is 0 Å². The minimum Gasteiger partial charge on any atom is -0.480 e. The highest BCUT2D eigenvalue weighted by atomic mass is 19.4. The first-order chi connectivity index (χ1) is 17.4. The third-order valence-corrected chi connectivity index (χ3v) is 5.32. The van der Waals surface area contributed by atoms with E-state index in [0.29, 0.717) is 11.1 Å². The Labute approximate surface area is 206 Å². The molecule has 0 radical (unpaired) electrons. The van der Waals surface area contributed by atoms with Crippen molar-refractivity contribution in [2.24, 2.45) is 0 Å². The van der Waals surface area contributed by atoms with E-state index in [1.807, 2.05) is 0 Å². The molecule has 13 heteroatoms. The van der Waals surface area contributed by atoms with Gasteiger partial charge >= 0.3 is 18.1 Å². The standard InChI is InChI=1S/C24H17F3N2O8/c25-24(26,27)17-12-16(28(33)34)13-18(29(35)36)20(17)21(22(30)31)23(32)37-19(15-9-5-2-6-10-15)11-14-7-3-1-4-8-14/h1-10,12-13,19,21H,11H2,(H,30,31). The molecule has 0 heterocycles. The summed E-state index contributed by atoms with van der Waals surface area (Å²) in [6, 6.07) is 16.5. The van der Waals surface area contributed by atoms with Gasteiger partial charge in [-0.15, -0.1) is 0 Å². The lowest BCUT2D eigenvalue weighted by Gasteiger charge is -2.22. The van der Waals surface area contributed by atoms with Gasteiger partial charge in [0.1, 0.15) is 6.10 Å². The van der Waals surface area contributed by atoms with Gasteiger partial charge in [-0.2, -0.15) is 13.2 Å². The van der Waals surface area contributed by atoms with E-state index in [2.05, 4.69) is 0 Å². The topological polar surface area (TPSA) is 150 Å². The lowest BCUT2D eigenvalue weighted by Crippen LogP contribution is -2.29. The molecular weight excluding hydrogens is 501 g/mol. The van der Waals surface area contributed by atoms with Crippen molar-refractivity contribution in [1.82, 2.24) is 0 Å². The summed E-state index contributed by atoms with van der Waals surface area (Å²) >= 11 is 0. The van der Waals surface area contributed by atoms with Gasteiger partial charge in [-0.1, -0.05) is 60.7 Å². The number of hydrogen-bond acceptors (Lipinski definition) is 7. The average Bonchev–Trinajstić information content (AvgIpc) is 2.83. The molecule has 0 aromatic heterocycles. The zero-order chi connectivity index (χ0) is 27.3. The van der Waals surface area contributed by atoms with Gasteiger partial charge in [0.05, 0.1) is 27.0 Å². The Kier molecular flexibility index (Phi) is 7.85. The van der Waals surface area contributed by atoms with Crippen LogP contribution in [0, 0.1) is 20.2 Å². The second-order valence-electron chi connectivity index (χ2n) is 7.74. The van der Waals surface area contributed by atoms with Crippen molar-refractivity contribution >= 4 is 23.3 Å². The lowest BCUT2D eigenvalue weighted by molar-refractivity contribution is -0.395. The lowest BCUT2D eigenvalue weighted by atomic mass is 9.91. The molecule has 37 heavy (non-hydrogen) atoms. The number of alkyl halides is 3. The number of hydrogen-bond donors (Lipinski definition) is 1. The predicted octanol–water partition coefficient (Wildman–Crippen LogP) is 5.22. The van der Waals surface area contributed by atoms with Gasteiger partial charge in [-0.05, 0) is 11.1 Å². The van der Waals surface area contributed by atoms with E-state index in [0.717, 1.165) is 0 Å². The largest absolute Gasteiger partial charge is 0.480 e. The number of esters is 1. The van der Waals surface area contributed by atoms with Crippen molar-refractivity contribution in [2.75, 3.05) is 0 Å². The van der Waals surface area contributed by atoms with E-state index in [-0.39, 0.29) is 18.6 Å². The summed E-state index contributed by atoms with van der Waals surface area (Å²) in [5.74, 6) is -6.68. The number of nitrogens with zero attached hydrogens (tertiary/aromatic N) is 2. The van der Waals surface area contributed by atoms with Crippen molar-refractivity contribution in [3.63, 3.8) is 0 Å². The smallest absolute Gasteiger partial charge is 0.417 e. The van der Waals surface area contributed by atoms with Gasteiger partial charge in [0, 0.05) is 12.5 Å². The number of rotatable bonds is 9. The first-order valence-electron chi connectivity index (χ1n) is 10.5. The maximum atomic E-state index is 13.8. The van der Waals surface area contributed by atoms with Crippen LogP contribution < -0.4 is 0 Å². The van der Waals surface area contributed by atoms with Crippen LogP contribution in [-0.4, -0.2) is 26.9 Å². The number of aliphatic carboxylic acids is 1. The molecule has 0 amide bonds. The van der Waals surface area contributed by atoms with Gasteiger partial charge < -0.3 is 9.84 Å². The van der Waals surface area contributed by atoms with E-state index in [9.17, 15) is 48.1 Å². The fourth-order valence-corrected chi connectivity index (χ4v) is 3.69. The fraction of sp³-hybridized carbons (Fsp3) is 0.167. The Bertz CT molecular complexity index is 1330. The normalized spacial score (nSPS) is 12.8. The zero-order valence-electron chi connectivity index (χ0n) is 18.6. The first-order valence-corrected chi connectivity index (χ1v) is 10.5. The van der Waals surface area contributed by atoms with Crippen LogP contribution in [-0.2, 0) is 26.9 Å². The van der Waals surface area contributed by atoms with Crippen LogP contribution in [0.15, 0.2) is 72.8 Å². The number of carbonyl (C=O) groups excluding carboxylic acids is 1. The molecule has 192 valence electrons. The number of carboxylic acids is 1. The van der Waals surface area contributed by atoms with Crippen molar-refractivity contribution < 1.29 is 42.5 Å².